The molecule has 10 radical (unpaired) electrons. The van der Waals surface area contributed by atoms with Gasteiger partial charge in [-0.2, -0.15) is 0 Å². The number of rotatable bonds is 34. The number of nitrogens with one attached hydrogen (secondary N) is 4. The number of benzene rings is 2. The van der Waals surface area contributed by atoms with Crippen molar-refractivity contribution in [2.75, 3.05) is 19.8 Å². The van der Waals surface area contributed by atoms with E-state index in [1.165, 1.54) is 0 Å². The van der Waals surface area contributed by atoms with Crippen LogP contribution in [0, 0.1) is 23.7 Å². The molecular formula is C48H66B8N5O10PS. The summed E-state index contributed by atoms with van der Waals surface area (Å²) in [5, 5.41) is 10.1. The summed E-state index contributed by atoms with van der Waals surface area (Å²) >= 11 is 0. The number of hydrogen-bond acceptors (Lipinski definition) is 11. The number of amides is 4. The van der Waals surface area contributed by atoms with Crippen molar-refractivity contribution < 1.29 is 47.9 Å². The van der Waals surface area contributed by atoms with Crippen LogP contribution in [-0.2, 0) is 60.8 Å². The van der Waals surface area contributed by atoms with Crippen LogP contribution in [0.25, 0.3) is 0 Å². The third kappa shape index (κ3) is 23.8. The van der Waals surface area contributed by atoms with Crippen LogP contribution >= 0.6 is 16.5 Å². The second kappa shape index (κ2) is 33.5. The molecule has 6 atom stereocenters. The number of nitrogens with two attached hydrogens (primary N) is 1. The molecule has 0 bridgehead atoms. The summed E-state index contributed by atoms with van der Waals surface area (Å²) in [7, 11) is 24.7. The van der Waals surface area contributed by atoms with E-state index in [1.807, 2.05) is 45.9 Å². The van der Waals surface area contributed by atoms with Crippen molar-refractivity contribution >= 4 is 130 Å². The summed E-state index contributed by atoms with van der Waals surface area (Å²) in [5.41, 5.74) is 7.40. The Morgan fingerprint density at radius 2 is 1.05 bits per heavy atom. The zero-order chi connectivity index (χ0) is 54.8. The second-order valence-electron chi connectivity index (χ2n) is 19.1. The molecule has 0 aliphatic rings. The normalized spacial score (nSPS) is 13.6. The van der Waals surface area contributed by atoms with E-state index in [0.717, 1.165) is 23.2 Å². The van der Waals surface area contributed by atoms with Crippen LogP contribution in [0.3, 0.4) is 0 Å². The molecule has 0 saturated heterocycles. The Balaban J connectivity index is 2.03. The van der Waals surface area contributed by atoms with Gasteiger partial charge in [0.1, 0.15) is 13.1 Å². The van der Waals surface area contributed by atoms with Gasteiger partial charge in [0.25, 0.3) is 0 Å². The smallest absolute Gasteiger partial charge is 0.0622 e. The Morgan fingerprint density at radius 3 is 1.45 bits per heavy atom. The van der Waals surface area contributed by atoms with Gasteiger partial charge in [-0.05, 0) is 37.4 Å². The van der Waals surface area contributed by atoms with Gasteiger partial charge < -0.3 is 21.7 Å². The van der Waals surface area contributed by atoms with Crippen LogP contribution < -0.4 is 27.0 Å². The minimum absolute atomic E-state index is 0.0265. The average molecular weight is 1020 g/mol. The van der Waals surface area contributed by atoms with E-state index in [4.69, 9.17) is 44.2 Å². The quantitative estimate of drug-likeness (QED) is 0.0497. The molecule has 0 spiro atoms. The molecule has 2 aromatic rings. The van der Waals surface area contributed by atoms with Crippen molar-refractivity contribution in [1.82, 2.24) is 21.3 Å². The van der Waals surface area contributed by atoms with Gasteiger partial charge in [-0.3, -0.25) is 28.8 Å². The molecule has 2 rings (SSSR count). The van der Waals surface area contributed by atoms with Crippen LogP contribution in [-0.4, -0.2) is 152 Å². The molecule has 0 aliphatic carbocycles. The molecule has 25 heteroatoms. The molecule has 2 aromatic carbocycles. The Labute approximate surface area is 441 Å². The van der Waals surface area contributed by atoms with Crippen LogP contribution in [0.2, 0.25) is 0 Å². The van der Waals surface area contributed by atoms with Gasteiger partial charge in [0.15, 0.2) is 11.6 Å². The SMILES string of the molecule is [B]B=S(=B[B])(B([B])[B])C(=O)CCC(=O)C(CC(C)C)NC(=O)C(CC(=O)CNC(=O)C(N)CCC(=O)NCC(=O)CC(Cc1ccccc1)C(=O)NC(CC(C)C)C(=O)CCC(=O)P([B])C)Cc1ccccc1. The van der Waals surface area contributed by atoms with Gasteiger partial charge in [0.05, 0.1) is 18.6 Å². The fraction of sp³-hybridized carbons (Fsp3) is 0.542. The summed E-state index contributed by atoms with van der Waals surface area (Å²) in [4.78, 5) is 132. The monoisotopic (exact) mass is 1020 g/mol. The molecule has 0 aromatic heterocycles. The van der Waals surface area contributed by atoms with Crippen LogP contribution in [0.5, 0.6) is 0 Å². The van der Waals surface area contributed by atoms with E-state index < -0.39 is 111 Å². The van der Waals surface area contributed by atoms with Crippen molar-refractivity contribution in [3.05, 3.63) is 71.8 Å². The number of hydrogen-bond donors (Lipinski definition) is 5. The summed E-state index contributed by atoms with van der Waals surface area (Å²) < 4.78 is 0. The van der Waals surface area contributed by atoms with E-state index >= 15 is 0 Å². The van der Waals surface area contributed by atoms with Crippen molar-refractivity contribution in [3.63, 3.8) is 0 Å². The van der Waals surface area contributed by atoms with Gasteiger partial charge in [-0.1, -0.05) is 70.2 Å². The Bertz CT molecular complexity index is 2350. The van der Waals surface area contributed by atoms with Crippen LogP contribution in [0.15, 0.2) is 60.7 Å². The predicted octanol–water partition coefficient (Wildman–Crippen LogP) is 1.50. The molecule has 15 nitrogen and oxygen atoms in total. The molecule has 73 heavy (non-hydrogen) atoms. The molecule has 4 amide bonds. The van der Waals surface area contributed by atoms with E-state index in [2.05, 4.69) is 21.3 Å². The molecule has 0 fully saturated rings. The molecule has 0 aliphatic heterocycles. The predicted molar refractivity (Wildman–Crippen MR) is 297 cm³/mol. The maximum atomic E-state index is 13.9. The van der Waals surface area contributed by atoms with E-state index in [0.29, 0.717) is 6.42 Å². The van der Waals surface area contributed by atoms with Crippen LogP contribution in [0.4, 0.5) is 0 Å². The Morgan fingerprint density at radius 1 is 0.630 bits per heavy atom. The minimum Gasteiger partial charge on any atom is -0.0622 e. The first-order chi connectivity index (χ1) is 34.4. The zero-order valence-corrected chi connectivity index (χ0v) is 44.6. The number of carbonyl (C=O) groups excluding carboxylic acids is 10. The number of ketones is 4. The summed E-state index contributed by atoms with van der Waals surface area (Å²) in [6.45, 7) is 8.23. The summed E-state index contributed by atoms with van der Waals surface area (Å²) in [5.74, 6) is -7.13. The van der Waals surface area contributed by atoms with E-state index in [9.17, 15) is 47.9 Å². The van der Waals surface area contributed by atoms with Gasteiger partial charge in [-0.15, -0.1) is 0 Å². The second-order valence-corrected chi connectivity index (χ2v) is 23.9. The minimum atomic E-state index is -2.70. The summed E-state index contributed by atoms with van der Waals surface area (Å²) in [6, 6.07) is 17.0. The standard InChI is InChI=1S/C48H66B8N5O10PS/c1-30(2)22-39(41(64)17-20-44(67)72(5)53)60-46(69)34(24-32-12-8-6-9-13-32)26-36(62)28-58-43(66)19-16-38(57)48(71)59-29-37(63)27-35(25-33-14-10-7-11-15-33)47(70)61-40(23-31(3)4)42(65)18-21-45(68)73(54-49,55-50)56(51)52/h6-15,30-31,34-35,38-40H,16-29,57H2,1-5H3,(H,58,66)(H,59,71)(H,60,69)(H,61,70). The fourth-order valence-electron chi connectivity index (χ4n) is 7.78. The number of carbonyl (C=O) groups is 10. The third-order valence-electron chi connectivity index (χ3n) is 12.0. The van der Waals surface area contributed by atoms with Gasteiger partial charge in [0, 0.05) is 31.6 Å². The number of Topliss-reactive ketones (excluding diaryl/α,β-unsaturated/α-hetero) is 4. The van der Waals surface area contributed by atoms with E-state index in [-0.39, 0.29) is 93.8 Å². The summed E-state index contributed by atoms with van der Waals surface area (Å²) in [6.07, 6.45) is -0.713. The third-order valence-corrected chi connectivity index (χ3v) is 15.8. The van der Waals surface area contributed by atoms with Crippen molar-refractivity contribution in [2.24, 2.45) is 29.4 Å². The first kappa shape index (κ1) is 64.7. The fourth-order valence-corrected chi connectivity index (χ4v) is 9.76. The zero-order valence-electron chi connectivity index (χ0n) is 42.8. The first-order valence-electron chi connectivity index (χ1n) is 24.5. The Hall–Kier alpha value is -4.40. The van der Waals surface area contributed by atoms with Crippen molar-refractivity contribution in [3.8, 4) is 0 Å². The first-order valence-corrected chi connectivity index (χ1v) is 28.2. The molecular weight excluding hydrogens is 956 g/mol. The van der Waals surface area contributed by atoms with Gasteiger partial charge in [0.2, 0.25) is 17.7 Å². The van der Waals surface area contributed by atoms with Crippen LogP contribution in [0.1, 0.15) is 103 Å². The molecule has 0 heterocycles. The maximum absolute atomic E-state index is 13.9. The Kier molecular flexibility index (Phi) is 29.7. The van der Waals surface area contributed by atoms with E-state index in [1.54, 1.807) is 49.1 Å². The topological polar surface area (TPSA) is 245 Å². The van der Waals surface area contributed by atoms with Crippen molar-refractivity contribution in [2.45, 2.75) is 123 Å². The molecule has 6 N–H and O–H groups in total. The molecule has 0 saturated carbocycles. The van der Waals surface area contributed by atoms with Gasteiger partial charge in [-0.25, -0.2) is 0 Å². The van der Waals surface area contributed by atoms with Gasteiger partial charge >= 0.3 is 193 Å². The average Bonchev–Trinajstić information content (AvgIpc) is 3.34. The van der Waals surface area contributed by atoms with Crippen molar-refractivity contribution in [1.29, 1.82) is 0 Å². The molecule has 378 valence electrons. The molecule has 6 unspecified atom stereocenters.